The highest BCUT2D eigenvalue weighted by Crippen LogP contribution is 2.25. The van der Waals surface area contributed by atoms with Crippen LogP contribution in [0.15, 0.2) is 12.3 Å². The van der Waals surface area contributed by atoms with E-state index in [2.05, 4.69) is 20.1 Å². The molecule has 180 valence electrons. The Bertz CT molecular complexity index is 820. The third-order valence-corrected chi connectivity index (χ3v) is 9.17. The largest absolute Gasteiger partial charge is 0.356 e. The maximum absolute atomic E-state index is 12.5. The van der Waals surface area contributed by atoms with E-state index in [0.717, 1.165) is 70.0 Å². The first kappa shape index (κ1) is 23.7. The molecule has 3 aliphatic rings. The predicted molar refractivity (Wildman–Crippen MR) is 130 cm³/mol. The molecule has 1 aromatic heterocycles. The molecule has 4 heterocycles. The summed E-state index contributed by atoms with van der Waals surface area (Å²) in [5.41, 5.74) is 0. The second kappa shape index (κ2) is 11.1. The van der Waals surface area contributed by atoms with Crippen molar-refractivity contribution in [2.24, 2.45) is 0 Å². The molecule has 3 fully saturated rings. The summed E-state index contributed by atoms with van der Waals surface area (Å²) in [4.78, 5) is 14.2. The number of nitrogens with zero attached hydrogens (tertiary/aromatic N) is 5. The van der Waals surface area contributed by atoms with Gasteiger partial charge in [0.25, 0.3) is 0 Å². The van der Waals surface area contributed by atoms with Gasteiger partial charge in [0, 0.05) is 57.5 Å². The van der Waals surface area contributed by atoms with Crippen LogP contribution in [0, 0.1) is 0 Å². The first-order chi connectivity index (χ1) is 15.5. The molecule has 3 aliphatic heterocycles. The van der Waals surface area contributed by atoms with E-state index >= 15 is 0 Å². The molecule has 0 aliphatic carbocycles. The molecule has 0 spiro atoms. The average molecular weight is 465 g/mol. The number of sulfonamides is 1. The van der Waals surface area contributed by atoms with Gasteiger partial charge in [0.05, 0.1) is 5.75 Å². The SMILES string of the molecule is CCCCS(=O)(=O)N1CCC(N2CCC(Nc3nccc(N4CCCCCC4)n3)C2)CC1. The fourth-order valence-corrected chi connectivity index (χ4v) is 6.93. The summed E-state index contributed by atoms with van der Waals surface area (Å²) in [7, 11) is -3.08. The van der Waals surface area contributed by atoms with E-state index in [-0.39, 0.29) is 0 Å². The topological polar surface area (TPSA) is 81.7 Å². The molecule has 0 aromatic carbocycles. The molecular weight excluding hydrogens is 424 g/mol. The maximum Gasteiger partial charge on any atom is 0.224 e. The molecule has 0 saturated carbocycles. The third kappa shape index (κ3) is 6.11. The van der Waals surface area contributed by atoms with Crippen molar-refractivity contribution in [2.45, 2.75) is 76.8 Å². The Morgan fingerprint density at radius 2 is 1.78 bits per heavy atom. The summed E-state index contributed by atoms with van der Waals surface area (Å²) in [6.45, 7) is 7.55. The summed E-state index contributed by atoms with van der Waals surface area (Å²) in [6.07, 6.45) is 11.6. The number of hydrogen-bond acceptors (Lipinski definition) is 7. The lowest BCUT2D eigenvalue weighted by molar-refractivity contribution is 0.167. The minimum absolute atomic E-state index is 0.292. The van der Waals surface area contributed by atoms with Crippen molar-refractivity contribution in [2.75, 3.05) is 55.2 Å². The van der Waals surface area contributed by atoms with E-state index in [1.807, 2.05) is 19.2 Å². The number of likely N-dealkylation sites (tertiary alicyclic amines) is 1. The van der Waals surface area contributed by atoms with Crippen molar-refractivity contribution in [3.8, 4) is 0 Å². The maximum atomic E-state index is 12.5. The van der Waals surface area contributed by atoms with Gasteiger partial charge < -0.3 is 10.2 Å². The standard InChI is InChI=1S/C23H40N6O2S/c1-2-3-18-32(30,31)29-16-10-21(11-17-29)28-15-9-20(19-28)25-23-24-12-8-22(26-23)27-13-6-4-5-7-14-27/h8,12,20-21H,2-7,9-11,13-19H2,1H3,(H,24,25,26). The van der Waals surface area contributed by atoms with E-state index in [1.165, 1.54) is 25.7 Å². The van der Waals surface area contributed by atoms with Crippen LogP contribution in [-0.2, 0) is 10.0 Å². The summed E-state index contributed by atoms with van der Waals surface area (Å²) in [5.74, 6) is 2.06. The summed E-state index contributed by atoms with van der Waals surface area (Å²) < 4.78 is 26.7. The molecule has 32 heavy (non-hydrogen) atoms. The Morgan fingerprint density at radius 3 is 2.50 bits per heavy atom. The molecule has 0 amide bonds. The van der Waals surface area contributed by atoms with Gasteiger partial charge in [0.1, 0.15) is 5.82 Å². The van der Waals surface area contributed by atoms with Gasteiger partial charge in [-0.1, -0.05) is 26.2 Å². The van der Waals surface area contributed by atoms with Crippen molar-refractivity contribution < 1.29 is 8.42 Å². The number of nitrogens with one attached hydrogen (secondary N) is 1. The fraction of sp³-hybridized carbons (Fsp3) is 0.826. The van der Waals surface area contributed by atoms with Crippen molar-refractivity contribution in [1.29, 1.82) is 0 Å². The Morgan fingerprint density at radius 1 is 1.03 bits per heavy atom. The molecule has 1 N–H and O–H groups in total. The molecule has 9 heteroatoms. The highest BCUT2D eigenvalue weighted by Gasteiger charge is 2.33. The summed E-state index contributed by atoms with van der Waals surface area (Å²) in [5, 5.41) is 3.56. The minimum atomic E-state index is -3.08. The van der Waals surface area contributed by atoms with Crippen LogP contribution < -0.4 is 10.2 Å². The van der Waals surface area contributed by atoms with Gasteiger partial charge in [0.2, 0.25) is 16.0 Å². The van der Waals surface area contributed by atoms with Crippen LogP contribution in [-0.4, -0.2) is 84.7 Å². The highest BCUT2D eigenvalue weighted by molar-refractivity contribution is 7.89. The van der Waals surface area contributed by atoms with Gasteiger partial charge in [-0.3, -0.25) is 4.90 Å². The quantitative estimate of drug-likeness (QED) is 0.633. The van der Waals surface area contributed by atoms with Gasteiger partial charge in [0.15, 0.2) is 0 Å². The van der Waals surface area contributed by atoms with Gasteiger partial charge >= 0.3 is 0 Å². The fourth-order valence-electron chi connectivity index (χ4n) is 5.26. The zero-order valence-electron chi connectivity index (χ0n) is 19.6. The number of piperidine rings is 1. The van der Waals surface area contributed by atoms with Crippen LogP contribution in [0.5, 0.6) is 0 Å². The van der Waals surface area contributed by atoms with Gasteiger partial charge in [-0.05, 0) is 44.6 Å². The van der Waals surface area contributed by atoms with Gasteiger partial charge in [-0.2, -0.15) is 4.98 Å². The van der Waals surface area contributed by atoms with E-state index < -0.39 is 10.0 Å². The third-order valence-electron chi connectivity index (χ3n) is 7.21. The van der Waals surface area contributed by atoms with Crippen LogP contribution in [0.4, 0.5) is 11.8 Å². The lowest BCUT2D eigenvalue weighted by Crippen LogP contribution is -2.47. The number of anilines is 2. The molecule has 4 rings (SSSR count). The second-order valence-electron chi connectivity index (χ2n) is 9.56. The number of rotatable bonds is 8. The normalized spacial score (nSPS) is 24.5. The van der Waals surface area contributed by atoms with Crippen LogP contribution in [0.3, 0.4) is 0 Å². The smallest absolute Gasteiger partial charge is 0.224 e. The van der Waals surface area contributed by atoms with E-state index in [9.17, 15) is 8.42 Å². The number of hydrogen-bond donors (Lipinski definition) is 1. The molecule has 0 radical (unpaired) electrons. The second-order valence-corrected chi connectivity index (χ2v) is 11.7. The average Bonchev–Trinajstić information content (AvgIpc) is 3.10. The molecule has 0 bridgehead atoms. The number of unbranched alkanes of at least 4 members (excludes halogenated alkanes) is 1. The van der Waals surface area contributed by atoms with Crippen molar-refractivity contribution in [3.63, 3.8) is 0 Å². The van der Waals surface area contributed by atoms with Gasteiger partial charge in [-0.25, -0.2) is 17.7 Å². The Hall–Kier alpha value is -1.45. The molecule has 1 atom stereocenters. The zero-order chi connectivity index (χ0) is 22.4. The Balaban J connectivity index is 1.26. The van der Waals surface area contributed by atoms with Gasteiger partial charge in [-0.15, -0.1) is 0 Å². The van der Waals surface area contributed by atoms with Crippen molar-refractivity contribution >= 4 is 21.8 Å². The summed E-state index contributed by atoms with van der Waals surface area (Å²) in [6, 6.07) is 2.85. The van der Waals surface area contributed by atoms with Crippen LogP contribution in [0.2, 0.25) is 0 Å². The van der Waals surface area contributed by atoms with E-state index in [4.69, 9.17) is 4.98 Å². The van der Waals surface area contributed by atoms with E-state index in [0.29, 0.717) is 30.9 Å². The predicted octanol–water partition coefficient (Wildman–Crippen LogP) is 2.94. The molecule has 8 nitrogen and oxygen atoms in total. The zero-order valence-corrected chi connectivity index (χ0v) is 20.4. The van der Waals surface area contributed by atoms with Crippen LogP contribution >= 0.6 is 0 Å². The molecular formula is C23H40N6O2S. The molecule has 1 unspecified atom stereocenters. The lowest BCUT2D eigenvalue weighted by Gasteiger charge is -2.36. The molecule has 3 saturated heterocycles. The Kier molecular flexibility index (Phi) is 8.23. The van der Waals surface area contributed by atoms with Crippen LogP contribution in [0.25, 0.3) is 0 Å². The first-order valence-electron chi connectivity index (χ1n) is 12.6. The highest BCUT2D eigenvalue weighted by atomic mass is 32.2. The lowest BCUT2D eigenvalue weighted by atomic mass is 10.1. The monoisotopic (exact) mass is 464 g/mol. The van der Waals surface area contributed by atoms with Crippen molar-refractivity contribution in [1.82, 2.24) is 19.2 Å². The van der Waals surface area contributed by atoms with Crippen molar-refractivity contribution in [3.05, 3.63) is 12.3 Å². The number of aromatic nitrogens is 2. The summed E-state index contributed by atoms with van der Waals surface area (Å²) >= 11 is 0. The Labute approximate surface area is 193 Å². The van der Waals surface area contributed by atoms with E-state index in [1.54, 1.807) is 4.31 Å². The van der Waals surface area contributed by atoms with Crippen LogP contribution in [0.1, 0.15) is 64.7 Å². The first-order valence-corrected chi connectivity index (χ1v) is 14.2. The molecule has 1 aromatic rings. The minimum Gasteiger partial charge on any atom is -0.356 e.